The van der Waals surface area contributed by atoms with Crippen LogP contribution in [0, 0.1) is 11.6 Å². The summed E-state index contributed by atoms with van der Waals surface area (Å²) in [6, 6.07) is 10.9. The summed E-state index contributed by atoms with van der Waals surface area (Å²) >= 11 is 0. The van der Waals surface area contributed by atoms with Crippen LogP contribution in [0.2, 0.25) is 0 Å². The fourth-order valence-corrected chi connectivity index (χ4v) is 3.39. The quantitative estimate of drug-likeness (QED) is 0.699. The Labute approximate surface area is 154 Å². The number of methoxy groups -OCH3 is 1. The molecule has 0 atom stereocenters. The molecular weight excluding hydrogens is 376 g/mol. The first-order chi connectivity index (χ1) is 12.9. The summed E-state index contributed by atoms with van der Waals surface area (Å²) in [4.78, 5) is 7.69. The van der Waals surface area contributed by atoms with Gasteiger partial charge >= 0.3 is 0 Å². The molecule has 1 heterocycles. The smallest absolute Gasteiger partial charge is 0.241 e. The van der Waals surface area contributed by atoms with E-state index in [1.54, 1.807) is 25.3 Å². The van der Waals surface area contributed by atoms with Crippen molar-refractivity contribution in [2.75, 3.05) is 7.11 Å². The van der Waals surface area contributed by atoms with Crippen LogP contribution < -0.4 is 9.46 Å². The van der Waals surface area contributed by atoms with Gasteiger partial charge in [-0.1, -0.05) is 0 Å². The van der Waals surface area contributed by atoms with E-state index >= 15 is 0 Å². The van der Waals surface area contributed by atoms with Gasteiger partial charge in [-0.3, -0.25) is 0 Å². The summed E-state index contributed by atoms with van der Waals surface area (Å²) in [5, 5.41) is 0. The molecule has 0 saturated heterocycles. The molecule has 0 radical (unpaired) electrons. The second kappa shape index (κ2) is 7.77. The van der Waals surface area contributed by atoms with Crippen LogP contribution >= 0.6 is 0 Å². The molecule has 0 aliphatic heterocycles. The van der Waals surface area contributed by atoms with E-state index in [9.17, 15) is 17.2 Å². The van der Waals surface area contributed by atoms with Crippen molar-refractivity contribution in [2.24, 2.45) is 0 Å². The van der Waals surface area contributed by atoms with Gasteiger partial charge in [0.05, 0.1) is 29.9 Å². The molecule has 0 unspecified atom stereocenters. The molecule has 0 aliphatic carbocycles. The van der Waals surface area contributed by atoms with Gasteiger partial charge in [0.1, 0.15) is 23.7 Å². The van der Waals surface area contributed by atoms with Gasteiger partial charge in [0.25, 0.3) is 0 Å². The lowest BCUT2D eigenvalue weighted by Crippen LogP contribution is -2.24. The summed E-state index contributed by atoms with van der Waals surface area (Å²) in [5.41, 5.74) is 1.80. The highest BCUT2D eigenvalue weighted by atomic mass is 32.2. The number of ether oxygens (including phenoxy) is 1. The molecule has 1 aromatic heterocycles. The highest BCUT2D eigenvalue weighted by Gasteiger charge is 2.16. The molecule has 3 aromatic rings. The van der Waals surface area contributed by atoms with E-state index in [0.29, 0.717) is 23.2 Å². The lowest BCUT2D eigenvalue weighted by Gasteiger charge is -2.08. The molecule has 1 N–H and O–H groups in total. The molecule has 0 bridgehead atoms. The predicted molar refractivity (Wildman–Crippen MR) is 94.4 cm³/mol. The predicted octanol–water partition coefficient (Wildman–Crippen LogP) is 2.91. The van der Waals surface area contributed by atoms with Crippen LogP contribution in [0.4, 0.5) is 8.78 Å². The number of halogens is 2. The van der Waals surface area contributed by atoms with Crippen LogP contribution in [0.25, 0.3) is 11.3 Å². The Morgan fingerprint density at radius 2 is 1.67 bits per heavy atom. The van der Waals surface area contributed by atoms with Crippen molar-refractivity contribution in [3.63, 3.8) is 0 Å². The Bertz CT molecular complexity index is 1040. The Hall–Kier alpha value is -2.91. The van der Waals surface area contributed by atoms with E-state index in [1.165, 1.54) is 6.33 Å². The van der Waals surface area contributed by atoms with Crippen LogP contribution in [0.3, 0.4) is 0 Å². The Morgan fingerprint density at radius 3 is 2.30 bits per heavy atom. The SMILES string of the molecule is COc1ccc(-c2cc(CNS(=O)(=O)c3cc(F)cc(F)c3)ncn2)cc1. The number of nitrogens with zero attached hydrogens (tertiary/aromatic N) is 2. The Kier molecular flexibility index (Phi) is 5.43. The second-order valence-electron chi connectivity index (χ2n) is 5.55. The maximum Gasteiger partial charge on any atom is 0.241 e. The monoisotopic (exact) mass is 391 g/mol. The zero-order chi connectivity index (χ0) is 19.4. The number of hydrogen-bond donors (Lipinski definition) is 1. The minimum Gasteiger partial charge on any atom is -0.497 e. The molecule has 6 nitrogen and oxygen atoms in total. The van der Waals surface area contributed by atoms with Crippen molar-refractivity contribution in [2.45, 2.75) is 11.4 Å². The molecule has 0 saturated carbocycles. The number of hydrogen-bond acceptors (Lipinski definition) is 5. The minimum absolute atomic E-state index is 0.161. The number of sulfonamides is 1. The highest BCUT2D eigenvalue weighted by Crippen LogP contribution is 2.21. The van der Waals surface area contributed by atoms with Gasteiger partial charge in [-0.05, 0) is 42.5 Å². The van der Waals surface area contributed by atoms with Gasteiger partial charge in [0.15, 0.2) is 0 Å². The zero-order valence-corrected chi connectivity index (χ0v) is 15.0. The van der Waals surface area contributed by atoms with Gasteiger partial charge in [0, 0.05) is 11.6 Å². The summed E-state index contributed by atoms with van der Waals surface area (Å²) in [7, 11) is -2.53. The van der Waals surface area contributed by atoms with Crippen molar-refractivity contribution in [1.82, 2.24) is 14.7 Å². The van der Waals surface area contributed by atoms with E-state index in [-0.39, 0.29) is 6.54 Å². The van der Waals surface area contributed by atoms with Crippen LogP contribution in [-0.4, -0.2) is 25.5 Å². The van der Waals surface area contributed by atoms with Crippen molar-refractivity contribution < 1.29 is 21.9 Å². The van der Waals surface area contributed by atoms with Crippen molar-refractivity contribution in [3.05, 3.63) is 72.2 Å². The molecule has 140 valence electrons. The highest BCUT2D eigenvalue weighted by molar-refractivity contribution is 7.89. The standard InChI is InChI=1S/C18H15F2N3O3S/c1-26-16-4-2-12(3-5-16)18-9-15(21-11-22-18)10-23-27(24,25)17-7-13(19)6-14(20)8-17/h2-9,11,23H,10H2,1H3. The average molecular weight is 391 g/mol. The fourth-order valence-electron chi connectivity index (χ4n) is 2.35. The van der Waals surface area contributed by atoms with E-state index in [0.717, 1.165) is 17.7 Å². The molecular formula is C18H15F2N3O3S. The van der Waals surface area contributed by atoms with Crippen molar-refractivity contribution >= 4 is 10.0 Å². The van der Waals surface area contributed by atoms with E-state index < -0.39 is 26.6 Å². The first-order valence-electron chi connectivity index (χ1n) is 7.78. The lowest BCUT2D eigenvalue weighted by molar-refractivity contribution is 0.415. The molecule has 0 spiro atoms. The van der Waals surface area contributed by atoms with Gasteiger partial charge in [-0.25, -0.2) is 31.9 Å². The lowest BCUT2D eigenvalue weighted by atomic mass is 10.1. The summed E-state index contributed by atoms with van der Waals surface area (Å²) in [5.74, 6) is -1.25. The van der Waals surface area contributed by atoms with Crippen LogP contribution in [0.15, 0.2) is 59.8 Å². The Balaban J connectivity index is 1.78. The summed E-state index contributed by atoms with van der Waals surface area (Å²) < 4.78 is 58.3. The summed E-state index contributed by atoms with van der Waals surface area (Å²) in [6.45, 7) is -0.161. The molecule has 27 heavy (non-hydrogen) atoms. The fraction of sp³-hybridized carbons (Fsp3) is 0.111. The van der Waals surface area contributed by atoms with Crippen LogP contribution in [0.5, 0.6) is 5.75 Å². The minimum atomic E-state index is -4.10. The number of aromatic nitrogens is 2. The Morgan fingerprint density at radius 1 is 1.00 bits per heavy atom. The van der Waals surface area contributed by atoms with Crippen LogP contribution in [-0.2, 0) is 16.6 Å². The third kappa shape index (κ3) is 4.63. The molecule has 2 aromatic carbocycles. The number of benzene rings is 2. The van der Waals surface area contributed by atoms with Gasteiger partial charge in [-0.2, -0.15) is 0 Å². The third-order valence-corrected chi connectivity index (χ3v) is 5.08. The third-order valence-electron chi connectivity index (χ3n) is 3.70. The molecule has 3 rings (SSSR count). The number of nitrogens with one attached hydrogen (secondary N) is 1. The van der Waals surface area contributed by atoms with E-state index in [1.807, 2.05) is 12.1 Å². The topological polar surface area (TPSA) is 81.2 Å². The first-order valence-corrected chi connectivity index (χ1v) is 9.27. The zero-order valence-electron chi connectivity index (χ0n) is 14.2. The molecule has 9 heteroatoms. The largest absolute Gasteiger partial charge is 0.497 e. The van der Waals surface area contributed by atoms with E-state index in [4.69, 9.17) is 4.74 Å². The number of rotatable bonds is 6. The first kappa shape index (κ1) is 18.9. The normalized spacial score (nSPS) is 11.4. The molecule has 0 fully saturated rings. The van der Waals surface area contributed by atoms with Crippen LogP contribution in [0.1, 0.15) is 5.69 Å². The van der Waals surface area contributed by atoms with E-state index in [2.05, 4.69) is 14.7 Å². The second-order valence-corrected chi connectivity index (χ2v) is 7.32. The summed E-state index contributed by atoms with van der Waals surface area (Å²) in [6.07, 6.45) is 1.31. The van der Waals surface area contributed by atoms with Crippen molar-refractivity contribution in [1.29, 1.82) is 0 Å². The van der Waals surface area contributed by atoms with Crippen molar-refractivity contribution in [3.8, 4) is 17.0 Å². The molecule has 0 amide bonds. The van der Waals surface area contributed by atoms with Gasteiger partial charge < -0.3 is 4.74 Å². The van der Waals surface area contributed by atoms with Gasteiger partial charge in [-0.15, -0.1) is 0 Å². The maximum atomic E-state index is 13.3. The average Bonchev–Trinajstić information content (AvgIpc) is 2.66. The molecule has 0 aliphatic rings. The maximum absolute atomic E-state index is 13.3. The van der Waals surface area contributed by atoms with Gasteiger partial charge in [0.2, 0.25) is 10.0 Å².